The van der Waals surface area contributed by atoms with Crippen molar-refractivity contribution in [1.29, 1.82) is 0 Å². The number of hydrogen-bond donors (Lipinski definition) is 1. The lowest BCUT2D eigenvalue weighted by Gasteiger charge is -2.33. The zero-order valence-electron chi connectivity index (χ0n) is 10.5. The summed E-state index contributed by atoms with van der Waals surface area (Å²) in [6, 6.07) is 0. The molecular weight excluding hydrogens is 206 g/mol. The Kier molecular flexibility index (Phi) is 2.65. The first-order valence-electron chi connectivity index (χ1n) is 5.94. The third-order valence-electron chi connectivity index (χ3n) is 3.12. The second-order valence-corrected chi connectivity index (χ2v) is 6.14. The van der Waals surface area contributed by atoms with E-state index < -0.39 is 5.60 Å². The van der Waals surface area contributed by atoms with E-state index in [0.717, 1.165) is 19.3 Å². The van der Waals surface area contributed by atoms with Crippen molar-refractivity contribution in [2.75, 3.05) is 0 Å². The first-order valence-corrected chi connectivity index (χ1v) is 5.94. The Balaban J connectivity index is 1.85. The van der Waals surface area contributed by atoms with Crippen LogP contribution in [0.1, 0.15) is 47.0 Å². The maximum Gasteiger partial charge on any atom is 0.408 e. The normalized spacial score (nSPS) is 37.5. The number of nitrogens with one attached hydrogen (secondary N) is 1. The van der Waals surface area contributed by atoms with Gasteiger partial charge in [-0.05, 0) is 47.0 Å². The van der Waals surface area contributed by atoms with Crippen molar-refractivity contribution < 1.29 is 14.3 Å². The fourth-order valence-electron chi connectivity index (χ4n) is 2.28. The van der Waals surface area contributed by atoms with Crippen LogP contribution in [0.5, 0.6) is 0 Å². The van der Waals surface area contributed by atoms with Crippen LogP contribution in [-0.4, -0.2) is 29.4 Å². The molecule has 0 spiro atoms. The summed E-state index contributed by atoms with van der Waals surface area (Å²) in [6.07, 6.45) is 3.39. The summed E-state index contributed by atoms with van der Waals surface area (Å²) < 4.78 is 10.7. The summed E-state index contributed by atoms with van der Waals surface area (Å²) >= 11 is 0. The molecule has 1 heterocycles. The molecule has 3 unspecified atom stereocenters. The van der Waals surface area contributed by atoms with Crippen molar-refractivity contribution in [3.63, 3.8) is 0 Å². The third-order valence-corrected chi connectivity index (χ3v) is 3.12. The van der Waals surface area contributed by atoms with Gasteiger partial charge in [0.2, 0.25) is 0 Å². The number of rotatable bonds is 1. The molecule has 1 N–H and O–H groups in total. The van der Waals surface area contributed by atoms with Crippen LogP contribution in [0.15, 0.2) is 0 Å². The van der Waals surface area contributed by atoms with Crippen molar-refractivity contribution >= 4 is 6.09 Å². The van der Waals surface area contributed by atoms with Crippen LogP contribution in [0.25, 0.3) is 0 Å². The molecule has 92 valence electrons. The van der Waals surface area contributed by atoms with E-state index in [2.05, 4.69) is 12.2 Å². The number of fused-ring (bicyclic) bond motifs is 1. The zero-order chi connectivity index (χ0) is 12.0. The quantitative estimate of drug-likeness (QED) is 0.699. The molecule has 0 aromatic rings. The number of hydrogen-bond acceptors (Lipinski definition) is 3. The molecule has 1 aliphatic heterocycles. The minimum Gasteiger partial charge on any atom is -0.444 e. The predicted molar refractivity (Wildman–Crippen MR) is 60.3 cm³/mol. The van der Waals surface area contributed by atoms with Gasteiger partial charge in [0.1, 0.15) is 5.60 Å². The number of alkyl carbamates (subject to hydrolysis) is 1. The molecular formula is C12H21NO3. The van der Waals surface area contributed by atoms with E-state index in [1.807, 2.05) is 20.8 Å². The molecule has 4 heteroatoms. The summed E-state index contributed by atoms with van der Waals surface area (Å²) in [5, 5.41) is 2.97. The van der Waals surface area contributed by atoms with E-state index in [1.165, 1.54) is 0 Å². The molecule has 1 aliphatic carbocycles. The van der Waals surface area contributed by atoms with Gasteiger partial charge >= 0.3 is 6.09 Å². The molecule has 2 aliphatic rings. The molecule has 1 saturated heterocycles. The molecule has 0 aromatic heterocycles. The van der Waals surface area contributed by atoms with E-state index in [0.29, 0.717) is 12.2 Å². The Morgan fingerprint density at radius 2 is 2.12 bits per heavy atom. The van der Waals surface area contributed by atoms with Crippen molar-refractivity contribution in [3.8, 4) is 0 Å². The summed E-state index contributed by atoms with van der Waals surface area (Å²) in [6.45, 7) is 7.68. The van der Waals surface area contributed by atoms with Gasteiger partial charge < -0.3 is 14.8 Å². The Morgan fingerprint density at radius 1 is 1.44 bits per heavy atom. The average molecular weight is 227 g/mol. The lowest BCUT2D eigenvalue weighted by molar-refractivity contribution is 0.0444. The lowest BCUT2D eigenvalue weighted by Crippen LogP contribution is -2.50. The molecule has 4 nitrogen and oxygen atoms in total. The van der Waals surface area contributed by atoms with Crippen LogP contribution in [0.2, 0.25) is 0 Å². The molecule has 1 amide bonds. The molecule has 0 bridgehead atoms. The topological polar surface area (TPSA) is 50.9 Å². The van der Waals surface area contributed by atoms with Crippen molar-refractivity contribution in [1.82, 2.24) is 5.32 Å². The van der Waals surface area contributed by atoms with Crippen LogP contribution in [0.3, 0.4) is 0 Å². The largest absolute Gasteiger partial charge is 0.444 e. The van der Waals surface area contributed by atoms with E-state index in [4.69, 9.17) is 9.47 Å². The molecule has 2 fully saturated rings. The molecule has 3 atom stereocenters. The average Bonchev–Trinajstić information content (AvgIpc) is 2.76. The molecule has 0 aromatic carbocycles. The zero-order valence-corrected chi connectivity index (χ0v) is 10.5. The fourth-order valence-corrected chi connectivity index (χ4v) is 2.28. The Hall–Kier alpha value is -0.770. The third kappa shape index (κ3) is 2.88. The number of carbonyl (C=O) groups excluding carboxylic acids is 1. The molecule has 2 rings (SSSR count). The van der Waals surface area contributed by atoms with Crippen molar-refractivity contribution in [2.24, 2.45) is 0 Å². The second kappa shape index (κ2) is 3.62. The van der Waals surface area contributed by atoms with Crippen LogP contribution >= 0.6 is 0 Å². The van der Waals surface area contributed by atoms with Gasteiger partial charge in [0.15, 0.2) is 0 Å². The Morgan fingerprint density at radius 3 is 2.69 bits per heavy atom. The minimum atomic E-state index is -0.437. The van der Waals surface area contributed by atoms with Crippen LogP contribution < -0.4 is 5.32 Å². The number of epoxide rings is 1. The minimum absolute atomic E-state index is 0.167. The van der Waals surface area contributed by atoms with Gasteiger partial charge in [-0.3, -0.25) is 0 Å². The first-order chi connectivity index (χ1) is 7.27. The maximum absolute atomic E-state index is 11.7. The highest BCUT2D eigenvalue weighted by Gasteiger charge is 2.49. The lowest BCUT2D eigenvalue weighted by atomic mass is 9.83. The Labute approximate surface area is 96.7 Å². The van der Waals surface area contributed by atoms with E-state index in [-0.39, 0.29) is 11.6 Å². The van der Waals surface area contributed by atoms with E-state index in [9.17, 15) is 4.79 Å². The van der Waals surface area contributed by atoms with Gasteiger partial charge in [-0.2, -0.15) is 0 Å². The summed E-state index contributed by atoms with van der Waals surface area (Å²) in [4.78, 5) is 11.7. The van der Waals surface area contributed by atoms with Gasteiger partial charge in [-0.1, -0.05) is 0 Å². The van der Waals surface area contributed by atoms with Crippen molar-refractivity contribution in [2.45, 2.75) is 70.3 Å². The monoisotopic (exact) mass is 227 g/mol. The van der Waals surface area contributed by atoms with Crippen LogP contribution in [0.4, 0.5) is 4.79 Å². The highest BCUT2D eigenvalue weighted by Crippen LogP contribution is 2.41. The smallest absolute Gasteiger partial charge is 0.408 e. The summed E-state index contributed by atoms with van der Waals surface area (Å²) in [5.74, 6) is 0. The summed E-state index contributed by atoms with van der Waals surface area (Å²) in [5.41, 5.74) is -0.603. The standard InChI is InChI=1S/C12H21NO3/c1-11(2,3)16-10(14)13-12(4)6-5-8-9(7-12)15-8/h8-9H,5-7H2,1-4H3,(H,13,14). The SMILES string of the molecule is CC1(NC(=O)OC(C)(C)C)CCC2OC2C1. The van der Waals surface area contributed by atoms with Crippen molar-refractivity contribution in [3.05, 3.63) is 0 Å². The molecule has 0 radical (unpaired) electrons. The van der Waals surface area contributed by atoms with Gasteiger partial charge in [0.25, 0.3) is 0 Å². The van der Waals surface area contributed by atoms with Gasteiger partial charge in [-0.15, -0.1) is 0 Å². The van der Waals surface area contributed by atoms with Gasteiger partial charge in [0.05, 0.1) is 12.2 Å². The van der Waals surface area contributed by atoms with Gasteiger partial charge in [0, 0.05) is 5.54 Å². The van der Waals surface area contributed by atoms with E-state index >= 15 is 0 Å². The second-order valence-electron chi connectivity index (χ2n) is 6.14. The number of ether oxygens (including phenoxy) is 2. The highest BCUT2D eigenvalue weighted by molar-refractivity contribution is 5.68. The maximum atomic E-state index is 11.7. The highest BCUT2D eigenvalue weighted by atomic mass is 16.6. The fraction of sp³-hybridized carbons (Fsp3) is 0.917. The number of carbonyl (C=O) groups is 1. The van der Waals surface area contributed by atoms with Crippen LogP contribution in [-0.2, 0) is 9.47 Å². The summed E-state index contributed by atoms with van der Waals surface area (Å²) in [7, 11) is 0. The number of amides is 1. The molecule has 16 heavy (non-hydrogen) atoms. The van der Waals surface area contributed by atoms with Gasteiger partial charge in [-0.25, -0.2) is 4.79 Å². The molecule has 1 saturated carbocycles. The first kappa shape index (κ1) is 11.7. The van der Waals surface area contributed by atoms with Crippen LogP contribution in [0, 0.1) is 0 Å². The van der Waals surface area contributed by atoms with E-state index in [1.54, 1.807) is 0 Å². The predicted octanol–water partition coefficient (Wildman–Crippen LogP) is 2.22. The Bertz CT molecular complexity index is 297.